The summed E-state index contributed by atoms with van der Waals surface area (Å²) >= 11 is 0. The summed E-state index contributed by atoms with van der Waals surface area (Å²) in [6.07, 6.45) is 4.69. The third kappa shape index (κ3) is 4.72. The average Bonchev–Trinajstić information content (AvgIpc) is 2.96. The summed E-state index contributed by atoms with van der Waals surface area (Å²) < 4.78 is 0. The second kappa shape index (κ2) is 9.16. The van der Waals surface area contributed by atoms with Crippen molar-refractivity contribution < 1.29 is 4.79 Å². The highest BCUT2D eigenvalue weighted by atomic mass is 35.5. The molecular formula is C18H29ClN2O. The molecule has 1 aliphatic rings. The van der Waals surface area contributed by atoms with Crippen LogP contribution in [0.2, 0.25) is 0 Å². The number of nitrogens with zero attached hydrogens (tertiary/aromatic N) is 1. The Labute approximate surface area is 140 Å². The SMILES string of the molecule is CCC(c1ccccc1)C1CCCN1C(=O)CCC(C)N.Cl. The molecule has 1 aliphatic heterocycles. The molecule has 1 saturated heterocycles. The van der Waals surface area contributed by atoms with Gasteiger partial charge in [-0.25, -0.2) is 0 Å². The molecule has 0 spiro atoms. The third-order valence-electron chi connectivity index (χ3n) is 4.57. The molecule has 1 aromatic rings. The number of carbonyl (C=O) groups excluding carboxylic acids is 1. The molecular weight excluding hydrogens is 296 g/mol. The van der Waals surface area contributed by atoms with Crippen LogP contribution in [0.25, 0.3) is 0 Å². The van der Waals surface area contributed by atoms with Crippen LogP contribution < -0.4 is 5.73 Å². The van der Waals surface area contributed by atoms with Crippen molar-refractivity contribution in [2.45, 2.75) is 64.0 Å². The normalized spacial score (nSPS) is 20.3. The summed E-state index contributed by atoms with van der Waals surface area (Å²) in [4.78, 5) is 14.6. The summed E-state index contributed by atoms with van der Waals surface area (Å²) in [6, 6.07) is 11.1. The molecule has 0 aliphatic carbocycles. The van der Waals surface area contributed by atoms with Gasteiger partial charge in [0.25, 0.3) is 0 Å². The first-order valence-corrected chi connectivity index (χ1v) is 8.23. The Bertz CT molecular complexity index is 450. The zero-order valence-electron chi connectivity index (χ0n) is 13.7. The van der Waals surface area contributed by atoms with Crippen LogP contribution in [0.4, 0.5) is 0 Å². The summed E-state index contributed by atoms with van der Waals surface area (Å²) in [5, 5.41) is 0. The van der Waals surface area contributed by atoms with E-state index in [1.807, 2.05) is 6.92 Å². The Morgan fingerprint density at radius 1 is 1.36 bits per heavy atom. The van der Waals surface area contributed by atoms with E-state index in [9.17, 15) is 4.79 Å². The molecule has 2 N–H and O–H groups in total. The smallest absolute Gasteiger partial charge is 0.222 e. The molecule has 4 heteroatoms. The second-order valence-corrected chi connectivity index (χ2v) is 6.24. The monoisotopic (exact) mass is 324 g/mol. The molecule has 1 amide bonds. The van der Waals surface area contributed by atoms with Gasteiger partial charge < -0.3 is 10.6 Å². The lowest BCUT2D eigenvalue weighted by Gasteiger charge is -2.32. The predicted octanol–water partition coefficient (Wildman–Crippen LogP) is 3.72. The van der Waals surface area contributed by atoms with Gasteiger partial charge in [0.05, 0.1) is 0 Å². The standard InChI is InChI=1S/C18H28N2O.ClH/c1-3-16(15-8-5-4-6-9-15)17-10-7-13-20(17)18(21)12-11-14(2)19;/h4-6,8-9,14,16-17H,3,7,10-13,19H2,1-2H3;1H. The van der Waals surface area contributed by atoms with Crippen LogP contribution >= 0.6 is 12.4 Å². The molecule has 0 aromatic heterocycles. The van der Waals surface area contributed by atoms with Gasteiger partial charge in [0.1, 0.15) is 0 Å². The third-order valence-corrected chi connectivity index (χ3v) is 4.57. The molecule has 3 atom stereocenters. The molecule has 1 aromatic carbocycles. The van der Waals surface area contributed by atoms with Crippen LogP contribution in [-0.2, 0) is 4.79 Å². The zero-order chi connectivity index (χ0) is 15.2. The largest absolute Gasteiger partial charge is 0.339 e. The van der Waals surface area contributed by atoms with Crippen molar-refractivity contribution in [2.75, 3.05) is 6.54 Å². The molecule has 0 saturated carbocycles. The van der Waals surface area contributed by atoms with Gasteiger partial charge in [0.2, 0.25) is 5.91 Å². The van der Waals surface area contributed by atoms with E-state index in [-0.39, 0.29) is 24.4 Å². The van der Waals surface area contributed by atoms with Gasteiger partial charge in [0.15, 0.2) is 0 Å². The lowest BCUT2D eigenvalue weighted by Crippen LogP contribution is -2.39. The topological polar surface area (TPSA) is 46.3 Å². The van der Waals surface area contributed by atoms with Crippen molar-refractivity contribution in [3.8, 4) is 0 Å². The quantitative estimate of drug-likeness (QED) is 0.866. The van der Waals surface area contributed by atoms with Crippen LogP contribution in [-0.4, -0.2) is 29.4 Å². The molecule has 3 unspecified atom stereocenters. The fourth-order valence-electron chi connectivity index (χ4n) is 3.45. The number of halogens is 1. The minimum Gasteiger partial charge on any atom is -0.339 e. The van der Waals surface area contributed by atoms with Gasteiger partial charge >= 0.3 is 0 Å². The highest BCUT2D eigenvalue weighted by molar-refractivity contribution is 5.85. The molecule has 1 fully saturated rings. The van der Waals surface area contributed by atoms with Gasteiger partial charge in [0, 0.05) is 31.0 Å². The summed E-state index contributed by atoms with van der Waals surface area (Å²) in [5.41, 5.74) is 7.14. The highest BCUT2D eigenvalue weighted by Gasteiger charge is 2.34. The number of benzene rings is 1. The van der Waals surface area contributed by atoms with E-state index < -0.39 is 0 Å². The minimum atomic E-state index is 0. The highest BCUT2D eigenvalue weighted by Crippen LogP contribution is 2.34. The first kappa shape index (κ1) is 19.0. The Morgan fingerprint density at radius 3 is 2.64 bits per heavy atom. The number of likely N-dealkylation sites (tertiary alicyclic amines) is 1. The maximum atomic E-state index is 12.5. The van der Waals surface area contributed by atoms with E-state index >= 15 is 0 Å². The van der Waals surface area contributed by atoms with Gasteiger partial charge in [-0.1, -0.05) is 37.3 Å². The van der Waals surface area contributed by atoms with E-state index in [1.54, 1.807) is 0 Å². The van der Waals surface area contributed by atoms with E-state index in [4.69, 9.17) is 5.73 Å². The summed E-state index contributed by atoms with van der Waals surface area (Å²) in [7, 11) is 0. The van der Waals surface area contributed by atoms with Gasteiger partial charge in [-0.3, -0.25) is 4.79 Å². The summed E-state index contributed by atoms with van der Waals surface area (Å²) in [6.45, 7) is 5.10. The first-order valence-electron chi connectivity index (χ1n) is 8.23. The number of nitrogens with two attached hydrogens (primary N) is 1. The number of hydrogen-bond acceptors (Lipinski definition) is 2. The lowest BCUT2D eigenvalue weighted by molar-refractivity contribution is -0.132. The van der Waals surface area contributed by atoms with Crippen molar-refractivity contribution in [3.63, 3.8) is 0 Å². The molecule has 124 valence electrons. The van der Waals surface area contributed by atoms with E-state index in [1.165, 1.54) is 5.56 Å². The Kier molecular flexibility index (Phi) is 7.91. The maximum Gasteiger partial charge on any atom is 0.222 e. The van der Waals surface area contributed by atoms with E-state index in [0.717, 1.165) is 32.2 Å². The van der Waals surface area contributed by atoms with Crippen molar-refractivity contribution in [3.05, 3.63) is 35.9 Å². The van der Waals surface area contributed by atoms with Crippen LogP contribution in [0.3, 0.4) is 0 Å². The second-order valence-electron chi connectivity index (χ2n) is 6.24. The maximum absolute atomic E-state index is 12.5. The Morgan fingerprint density at radius 2 is 2.05 bits per heavy atom. The lowest BCUT2D eigenvalue weighted by atomic mass is 9.87. The zero-order valence-corrected chi connectivity index (χ0v) is 14.5. The number of amides is 1. The van der Waals surface area contributed by atoms with Gasteiger partial charge in [-0.05, 0) is 38.2 Å². The van der Waals surface area contributed by atoms with E-state index in [2.05, 4.69) is 42.2 Å². The first-order chi connectivity index (χ1) is 10.1. The summed E-state index contributed by atoms with van der Waals surface area (Å²) in [5.74, 6) is 0.733. The molecule has 0 bridgehead atoms. The van der Waals surface area contributed by atoms with Crippen molar-refractivity contribution in [1.82, 2.24) is 4.90 Å². The van der Waals surface area contributed by atoms with Crippen molar-refractivity contribution in [1.29, 1.82) is 0 Å². The fraction of sp³-hybridized carbons (Fsp3) is 0.611. The van der Waals surface area contributed by atoms with Crippen LogP contribution in [0.15, 0.2) is 30.3 Å². The van der Waals surface area contributed by atoms with Gasteiger partial charge in [-0.2, -0.15) is 0 Å². The Hall–Kier alpha value is -1.06. The molecule has 2 rings (SSSR count). The van der Waals surface area contributed by atoms with Crippen LogP contribution in [0.5, 0.6) is 0 Å². The van der Waals surface area contributed by atoms with Crippen molar-refractivity contribution in [2.24, 2.45) is 5.73 Å². The van der Waals surface area contributed by atoms with Gasteiger partial charge in [-0.15, -0.1) is 12.4 Å². The Balaban J connectivity index is 0.00000242. The molecule has 1 heterocycles. The van der Waals surface area contributed by atoms with E-state index in [0.29, 0.717) is 18.4 Å². The molecule has 3 nitrogen and oxygen atoms in total. The number of hydrogen-bond donors (Lipinski definition) is 1. The minimum absolute atomic E-state index is 0. The number of carbonyl (C=O) groups is 1. The number of rotatable bonds is 6. The molecule has 22 heavy (non-hydrogen) atoms. The van der Waals surface area contributed by atoms with Crippen molar-refractivity contribution >= 4 is 18.3 Å². The molecule has 0 radical (unpaired) electrons. The van der Waals surface area contributed by atoms with Crippen LogP contribution in [0.1, 0.15) is 57.4 Å². The average molecular weight is 325 g/mol. The van der Waals surface area contributed by atoms with Crippen LogP contribution in [0, 0.1) is 0 Å². The fourth-order valence-corrected chi connectivity index (χ4v) is 3.45. The predicted molar refractivity (Wildman–Crippen MR) is 94.3 cm³/mol.